The van der Waals surface area contributed by atoms with E-state index in [1.165, 1.54) is 0 Å². The lowest BCUT2D eigenvalue weighted by atomic mass is 9.79. The summed E-state index contributed by atoms with van der Waals surface area (Å²) in [7, 11) is 0. The zero-order chi connectivity index (χ0) is 16.1. The van der Waals surface area contributed by atoms with Gasteiger partial charge in [0.15, 0.2) is 0 Å². The molecule has 23 heavy (non-hydrogen) atoms. The molecular weight excluding hydrogens is 294 g/mol. The minimum absolute atomic E-state index is 0.0733. The molecule has 0 spiro atoms. The van der Waals surface area contributed by atoms with Gasteiger partial charge in [0.25, 0.3) is 0 Å². The molecule has 126 valence electrons. The molecule has 3 rings (SSSR count). The van der Waals surface area contributed by atoms with Crippen LogP contribution in [0.3, 0.4) is 0 Å². The maximum atomic E-state index is 12.8. The van der Waals surface area contributed by atoms with Gasteiger partial charge in [0.05, 0.1) is 5.41 Å². The van der Waals surface area contributed by atoms with Gasteiger partial charge in [-0.3, -0.25) is 4.79 Å². The Hall–Kier alpha value is -1.73. The number of nitrogens with zero attached hydrogens (tertiary/aromatic N) is 3. The van der Waals surface area contributed by atoms with E-state index in [1.54, 1.807) is 12.4 Å². The van der Waals surface area contributed by atoms with E-state index < -0.39 is 5.41 Å². The van der Waals surface area contributed by atoms with Crippen molar-refractivity contribution in [2.24, 2.45) is 11.1 Å². The van der Waals surface area contributed by atoms with E-state index in [0.717, 1.165) is 31.9 Å². The Morgan fingerprint density at radius 1 is 1.39 bits per heavy atom. The van der Waals surface area contributed by atoms with Crippen LogP contribution in [0.4, 0.5) is 5.95 Å². The van der Waals surface area contributed by atoms with Crippen LogP contribution in [-0.2, 0) is 9.53 Å². The van der Waals surface area contributed by atoms with Crippen LogP contribution in [0.15, 0.2) is 18.5 Å². The Labute approximate surface area is 136 Å². The second-order valence-corrected chi connectivity index (χ2v) is 6.40. The van der Waals surface area contributed by atoms with Crippen molar-refractivity contribution in [1.29, 1.82) is 0 Å². The molecule has 7 nitrogen and oxygen atoms in total. The number of nitrogens with one attached hydrogen (secondary N) is 1. The summed E-state index contributed by atoms with van der Waals surface area (Å²) in [4.78, 5) is 23.5. The van der Waals surface area contributed by atoms with Crippen LogP contribution in [0.2, 0.25) is 0 Å². The highest BCUT2D eigenvalue weighted by molar-refractivity contribution is 5.83. The third kappa shape index (κ3) is 3.61. The summed E-state index contributed by atoms with van der Waals surface area (Å²) in [5.41, 5.74) is 5.45. The van der Waals surface area contributed by atoms with Crippen molar-refractivity contribution in [3.63, 3.8) is 0 Å². The van der Waals surface area contributed by atoms with Crippen molar-refractivity contribution < 1.29 is 9.53 Å². The molecule has 0 bridgehead atoms. The van der Waals surface area contributed by atoms with E-state index in [9.17, 15) is 4.79 Å². The van der Waals surface area contributed by atoms with E-state index in [2.05, 4.69) is 20.2 Å². The number of ether oxygens (including phenoxy) is 1. The SMILES string of the molecule is NCC1(C(=O)NC2CCCN(c3ncccn3)C2)CCOCC1. The molecule has 3 N–H and O–H groups in total. The maximum absolute atomic E-state index is 12.8. The first-order chi connectivity index (χ1) is 11.2. The predicted octanol–water partition coefficient (Wildman–Crippen LogP) is 0.317. The maximum Gasteiger partial charge on any atom is 0.227 e. The molecule has 1 amide bonds. The summed E-state index contributed by atoms with van der Waals surface area (Å²) in [6.45, 7) is 3.26. The van der Waals surface area contributed by atoms with Crippen molar-refractivity contribution >= 4 is 11.9 Å². The Morgan fingerprint density at radius 3 is 2.83 bits per heavy atom. The zero-order valence-electron chi connectivity index (χ0n) is 13.4. The molecule has 2 saturated heterocycles. The van der Waals surface area contributed by atoms with Crippen LogP contribution in [-0.4, -0.2) is 54.8 Å². The van der Waals surface area contributed by atoms with E-state index in [0.29, 0.717) is 32.6 Å². The first-order valence-electron chi connectivity index (χ1n) is 8.34. The minimum Gasteiger partial charge on any atom is -0.381 e. The number of carbonyl (C=O) groups is 1. The number of nitrogens with two attached hydrogens (primary N) is 1. The fourth-order valence-electron chi connectivity index (χ4n) is 3.36. The summed E-state index contributed by atoms with van der Waals surface area (Å²) in [6, 6.07) is 1.93. The number of rotatable bonds is 4. The Balaban J connectivity index is 1.62. The number of anilines is 1. The average molecular weight is 319 g/mol. The van der Waals surface area contributed by atoms with Gasteiger partial charge in [0.1, 0.15) is 0 Å². The molecule has 2 aliphatic heterocycles. The molecule has 1 unspecified atom stereocenters. The van der Waals surface area contributed by atoms with Gasteiger partial charge in [-0.05, 0) is 31.7 Å². The second-order valence-electron chi connectivity index (χ2n) is 6.40. The molecule has 1 aromatic rings. The van der Waals surface area contributed by atoms with Crippen LogP contribution in [0.25, 0.3) is 0 Å². The minimum atomic E-state index is -0.468. The Bertz CT molecular complexity index is 518. The summed E-state index contributed by atoms with van der Waals surface area (Å²) < 4.78 is 5.38. The molecule has 7 heteroatoms. The van der Waals surface area contributed by atoms with Crippen molar-refractivity contribution in [3.05, 3.63) is 18.5 Å². The molecule has 0 aliphatic carbocycles. The van der Waals surface area contributed by atoms with Gasteiger partial charge in [-0.1, -0.05) is 0 Å². The van der Waals surface area contributed by atoms with Gasteiger partial charge in [-0.15, -0.1) is 0 Å². The van der Waals surface area contributed by atoms with Crippen LogP contribution in [0.5, 0.6) is 0 Å². The summed E-state index contributed by atoms with van der Waals surface area (Å²) in [5, 5.41) is 3.21. The molecule has 2 aliphatic rings. The van der Waals surface area contributed by atoms with Gasteiger partial charge in [0, 0.05) is 51.3 Å². The normalized spacial score (nSPS) is 24.2. The molecule has 0 aromatic carbocycles. The number of carbonyl (C=O) groups excluding carboxylic acids is 1. The van der Waals surface area contributed by atoms with Gasteiger partial charge in [0.2, 0.25) is 11.9 Å². The highest BCUT2D eigenvalue weighted by Gasteiger charge is 2.40. The van der Waals surface area contributed by atoms with Crippen LogP contribution >= 0.6 is 0 Å². The van der Waals surface area contributed by atoms with Gasteiger partial charge in [-0.2, -0.15) is 0 Å². The van der Waals surface area contributed by atoms with Gasteiger partial charge in [-0.25, -0.2) is 9.97 Å². The molecule has 3 heterocycles. The Kier molecular flexibility index (Phi) is 5.07. The third-order valence-corrected chi connectivity index (χ3v) is 4.91. The fraction of sp³-hybridized carbons (Fsp3) is 0.688. The van der Waals surface area contributed by atoms with E-state index in [-0.39, 0.29) is 11.9 Å². The van der Waals surface area contributed by atoms with Gasteiger partial charge >= 0.3 is 0 Å². The molecule has 1 aromatic heterocycles. The Morgan fingerprint density at radius 2 is 2.13 bits per heavy atom. The van der Waals surface area contributed by atoms with Crippen molar-refractivity contribution in [3.8, 4) is 0 Å². The summed E-state index contributed by atoms with van der Waals surface area (Å²) >= 11 is 0. The molecular formula is C16H25N5O2. The van der Waals surface area contributed by atoms with Gasteiger partial charge < -0.3 is 20.7 Å². The topological polar surface area (TPSA) is 93.4 Å². The van der Waals surface area contributed by atoms with Crippen molar-refractivity contribution in [2.45, 2.75) is 31.7 Å². The van der Waals surface area contributed by atoms with E-state index >= 15 is 0 Å². The monoisotopic (exact) mass is 319 g/mol. The zero-order valence-corrected chi connectivity index (χ0v) is 13.4. The number of amides is 1. The second kappa shape index (κ2) is 7.23. The summed E-state index contributed by atoms with van der Waals surface area (Å²) in [5.74, 6) is 0.801. The van der Waals surface area contributed by atoms with E-state index in [1.807, 2.05) is 6.07 Å². The smallest absolute Gasteiger partial charge is 0.227 e. The van der Waals surface area contributed by atoms with Crippen molar-refractivity contribution in [1.82, 2.24) is 15.3 Å². The lowest BCUT2D eigenvalue weighted by Crippen LogP contribution is -2.55. The molecule has 0 radical (unpaired) electrons. The summed E-state index contributed by atoms with van der Waals surface area (Å²) in [6.07, 6.45) is 6.89. The quantitative estimate of drug-likeness (QED) is 0.830. The first-order valence-corrected chi connectivity index (χ1v) is 8.34. The fourth-order valence-corrected chi connectivity index (χ4v) is 3.36. The highest BCUT2D eigenvalue weighted by atomic mass is 16.5. The van der Waals surface area contributed by atoms with Crippen LogP contribution < -0.4 is 16.0 Å². The highest BCUT2D eigenvalue weighted by Crippen LogP contribution is 2.30. The average Bonchev–Trinajstić information content (AvgIpc) is 2.63. The number of piperidine rings is 1. The largest absolute Gasteiger partial charge is 0.381 e. The molecule has 0 saturated carbocycles. The number of hydrogen-bond donors (Lipinski definition) is 2. The van der Waals surface area contributed by atoms with E-state index in [4.69, 9.17) is 10.5 Å². The lowest BCUT2D eigenvalue weighted by Gasteiger charge is -2.38. The number of aromatic nitrogens is 2. The lowest BCUT2D eigenvalue weighted by molar-refractivity contribution is -0.136. The third-order valence-electron chi connectivity index (χ3n) is 4.91. The van der Waals surface area contributed by atoms with Crippen molar-refractivity contribution in [2.75, 3.05) is 37.7 Å². The molecule has 2 fully saturated rings. The molecule has 1 atom stereocenters. The number of hydrogen-bond acceptors (Lipinski definition) is 6. The first kappa shape index (κ1) is 16.1. The van der Waals surface area contributed by atoms with Crippen LogP contribution in [0, 0.1) is 5.41 Å². The standard InChI is InChI=1S/C16H25N5O2/c17-12-16(4-9-23-10-5-16)14(22)20-13-3-1-8-21(11-13)15-18-6-2-7-19-15/h2,6-7,13H,1,3-5,8-12,17H2,(H,20,22). The van der Waals surface area contributed by atoms with Crippen LogP contribution in [0.1, 0.15) is 25.7 Å². The predicted molar refractivity (Wildman–Crippen MR) is 87.0 cm³/mol.